The van der Waals surface area contributed by atoms with E-state index in [9.17, 15) is 4.79 Å². The van der Waals surface area contributed by atoms with E-state index in [1.165, 1.54) is 0 Å². The number of benzene rings is 1. The van der Waals surface area contributed by atoms with Crippen LogP contribution in [0, 0.1) is 0 Å². The average molecular weight is 242 g/mol. The Balaban J connectivity index is 2.55. The van der Waals surface area contributed by atoms with Gasteiger partial charge >= 0.3 is 0 Å². The highest BCUT2D eigenvalue weighted by Gasteiger charge is 2.02. The first-order chi connectivity index (χ1) is 7.63. The monoisotopic (exact) mass is 241 g/mol. The van der Waals surface area contributed by atoms with Crippen molar-refractivity contribution in [1.82, 2.24) is 0 Å². The number of ether oxygens (including phenoxy) is 1. The molecular formula is C12H16ClNO2. The lowest BCUT2D eigenvalue weighted by atomic mass is 10.2. The van der Waals surface area contributed by atoms with E-state index in [4.69, 9.17) is 16.3 Å². The number of Topliss-reactive ketones (excluding diaryl/α,β-unsaturated/α-hetero) is 1. The third kappa shape index (κ3) is 4.11. The molecule has 1 aromatic rings. The molecule has 0 radical (unpaired) electrons. The molecule has 16 heavy (non-hydrogen) atoms. The summed E-state index contributed by atoms with van der Waals surface area (Å²) in [6, 6.07) is 5.51. The molecule has 0 saturated heterocycles. The van der Waals surface area contributed by atoms with Gasteiger partial charge in [0.15, 0.2) is 0 Å². The minimum atomic E-state index is 0.171. The van der Waals surface area contributed by atoms with Crippen molar-refractivity contribution in [2.45, 2.75) is 20.3 Å². The lowest BCUT2D eigenvalue weighted by Crippen LogP contribution is -2.05. The zero-order valence-corrected chi connectivity index (χ0v) is 10.3. The molecule has 0 heterocycles. The predicted molar refractivity (Wildman–Crippen MR) is 66.4 cm³/mol. The van der Waals surface area contributed by atoms with E-state index in [-0.39, 0.29) is 5.78 Å². The van der Waals surface area contributed by atoms with Crippen molar-refractivity contribution in [1.29, 1.82) is 0 Å². The maximum Gasteiger partial charge on any atom is 0.138 e. The highest BCUT2D eigenvalue weighted by molar-refractivity contribution is 6.32. The highest BCUT2D eigenvalue weighted by atomic mass is 35.5. The van der Waals surface area contributed by atoms with Crippen molar-refractivity contribution in [2.24, 2.45) is 0 Å². The minimum absolute atomic E-state index is 0.171. The van der Waals surface area contributed by atoms with Gasteiger partial charge < -0.3 is 10.1 Å². The predicted octanol–water partition coefficient (Wildman–Crippen LogP) is 3.13. The number of halogens is 1. The Hall–Kier alpha value is -1.22. The number of anilines is 1. The van der Waals surface area contributed by atoms with Crippen LogP contribution >= 0.6 is 11.6 Å². The van der Waals surface area contributed by atoms with Gasteiger partial charge in [0.25, 0.3) is 0 Å². The van der Waals surface area contributed by atoms with Crippen molar-refractivity contribution < 1.29 is 9.53 Å². The van der Waals surface area contributed by atoms with Crippen LogP contribution in [0.5, 0.6) is 5.75 Å². The Kier molecular flexibility index (Phi) is 5.12. The molecule has 1 rings (SSSR count). The molecule has 0 fully saturated rings. The molecule has 3 nitrogen and oxygen atoms in total. The van der Waals surface area contributed by atoms with E-state index < -0.39 is 0 Å². The van der Waals surface area contributed by atoms with Crippen LogP contribution in [0.2, 0.25) is 5.02 Å². The summed E-state index contributed by atoms with van der Waals surface area (Å²) >= 11 is 6.02. The van der Waals surface area contributed by atoms with Gasteiger partial charge in [0.2, 0.25) is 0 Å². The molecule has 1 N–H and O–H groups in total. The molecule has 4 heteroatoms. The van der Waals surface area contributed by atoms with Gasteiger partial charge in [-0.15, -0.1) is 0 Å². The molecule has 88 valence electrons. The van der Waals surface area contributed by atoms with Gasteiger partial charge in [0.05, 0.1) is 11.6 Å². The van der Waals surface area contributed by atoms with Gasteiger partial charge in [-0.1, -0.05) is 11.6 Å². The molecule has 0 spiro atoms. The molecule has 1 aromatic carbocycles. The summed E-state index contributed by atoms with van der Waals surface area (Å²) in [6.45, 7) is 4.71. The number of hydrogen-bond acceptors (Lipinski definition) is 3. The van der Waals surface area contributed by atoms with E-state index in [1.54, 1.807) is 13.0 Å². The SMILES string of the molecule is CCOc1ccc(NCCC(C)=O)cc1Cl. The molecule has 0 aromatic heterocycles. The standard InChI is InChI=1S/C12H16ClNO2/c1-3-16-12-5-4-10(8-11(12)13)14-7-6-9(2)15/h4-5,8,14H,3,6-7H2,1-2H3. The second-order valence-electron chi connectivity index (χ2n) is 3.46. The molecule has 0 aliphatic carbocycles. The molecule has 0 atom stereocenters. The van der Waals surface area contributed by atoms with E-state index in [0.717, 1.165) is 5.69 Å². The first-order valence-corrected chi connectivity index (χ1v) is 5.67. The van der Waals surface area contributed by atoms with Gasteiger partial charge in [-0.25, -0.2) is 0 Å². The Morgan fingerprint density at radius 2 is 2.25 bits per heavy atom. The Labute approximate surface area is 101 Å². The number of ketones is 1. The zero-order chi connectivity index (χ0) is 12.0. The average Bonchev–Trinajstić information content (AvgIpc) is 2.21. The molecule has 0 saturated carbocycles. The molecule has 0 bridgehead atoms. The van der Waals surface area contributed by atoms with Crippen LogP contribution in [0.1, 0.15) is 20.3 Å². The van der Waals surface area contributed by atoms with E-state index in [0.29, 0.717) is 30.3 Å². The smallest absolute Gasteiger partial charge is 0.138 e. The summed E-state index contributed by atoms with van der Waals surface area (Å²) < 4.78 is 5.32. The molecular weight excluding hydrogens is 226 g/mol. The van der Waals surface area contributed by atoms with Gasteiger partial charge in [-0.3, -0.25) is 4.79 Å². The van der Waals surface area contributed by atoms with Crippen molar-refractivity contribution in [3.05, 3.63) is 23.2 Å². The highest BCUT2D eigenvalue weighted by Crippen LogP contribution is 2.27. The summed E-state index contributed by atoms with van der Waals surface area (Å²) in [4.78, 5) is 10.8. The van der Waals surface area contributed by atoms with Crippen LogP contribution in [0.3, 0.4) is 0 Å². The quantitative estimate of drug-likeness (QED) is 0.832. The first-order valence-electron chi connectivity index (χ1n) is 5.29. The Morgan fingerprint density at radius 3 is 2.81 bits per heavy atom. The second kappa shape index (κ2) is 6.38. The van der Waals surface area contributed by atoms with Crippen molar-refractivity contribution in [2.75, 3.05) is 18.5 Å². The summed E-state index contributed by atoms with van der Waals surface area (Å²) in [7, 11) is 0. The van der Waals surface area contributed by atoms with Crippen LogP contribution < -0.4 is 10.1 Å². The lowest BCUT2D eigenvalue weighted by Gasteiger charge is -2.09. The normalized spacial score (nSPS) is 9.94. The van der Waals surface area contributed by atoms with Gasteiger partial charge in [-0.05, 0) is 32.0 Å². The van der Waals surface area contributed by atoms with Crippen LogP contribution in [0.25, 0.3) is 0 Å². The molecule has 0 aliphatic heterocycles. The van der Waals surface area contributed by atoms with Crippen LogP contribution in [-0.4, -0.2) is 18.9 Å². The number of carbonyl (C=O) groups is 1. The number of carbonyl (C=O) groups excluding carboxylic acids is 1. The Bertz CT molecular complexity index is 366. The molecule has 0 unspecified atom stereocenters. The fourth-order valence-electron chi connectivity index (χ4n) is 1.27. The largest absolute Gasteiger partial charge is 0.492 e. The third-order valence-corrected chi connectivity index (χ3v) is 2.33. The van der Waals surface area contributed by atoms with Crippen molar-refractivity contribution in [3.8, 4) is 5.75 Å². The molecule has 0 amide bonds. The van der Waals surface area contributed by atoms with E-state index >= 15 is 0 Å². The molecule has 0 aliphatic rings. The summed E-state index contributed by atoms with van der Waals surface area (Å²) in [6.07, 6.45) is 0.519. The number of nitrogens with one attached hydrogen (secondary N) is 1. The summed E-state index contributed by atoms with van der Waals surface area (Å²) in [5.74, 6) is 0.853. The van der Waals surface area contributed by atoms with Crippen molar-refractivity contribution >= 4 is 23.1 Å². The van der Waals surface area contributed by atoms with E-state index in [2.05, 4.69) is 5.32 Å². The summed E-state index contributed by atoms with van der Waals surface area (Å²) in [5, 5.41) is 3.70. The number of hydrogen-bond donors (Lipinski definition) is 1. The number of rotatable bonds is 6. The third-order valence-electron chi connectivity index (χ3n) is 2.04. The summed E-state index contributed by atoms with van der Waals surface area (Å²) in [5.41, 5.74) is 0.898. The fraction of sp³-hybridized carbons (Fsp3) is 0.417. The van der Waals surface area contributed by atoms with Crippen molar-refractivity contribution in [3.63, 3.8) is 0 Å². The second-order valence-corrected chi connectivity index (χ2v) is 3.86. The fourth-order valence-corrected chi connectivity index (χ4v) is 1.50. The van der Waals surface area contributed by atoms with Crippen LogP contribution in [-0.2, 0) is 4.79 Å². The topological polar surface area (TPSA) is 38.3 Å². The first kappa shape index (κ1) is 12.8. The van der Waals surface area contributed by atoms with Crippen LogP contribution in [0.15, 0.2) is 18.2 Å². The van der Waals surface area contributed by atoms with Gasteiger partial charge in [0, 0.05) is 18.7 Å². The van der Waals surface area contributed by atoms with E-state index in [1.807, 2.05) is 19.1 Å². The van der Waals surface area contributed by atoms with Crippen LogP contribution in [0.4, 0.5) is 5.69 Å². The maximum absolute atomic E-state index is 10.8. The minimum Gasteiger partial charge on any atom is -0.492 e. The zero-order valence-electron chi connectivity index (χ0n) is 9.55. The Morgan fingerprint density at radius 1 is 1.50 bits per heavy atom. The van der Waals surface area contributed by atoms with Gasteiger partial charge in [0.1, 0.15) is 11.5 Å². The maximum atomic E-state index is 10.8. The van der Waals surface area contributed by atoms with Gasteiger partial charge in [-0.2, -0.15) is 0 Å². The lowest BCUT2D eigenvalue weighted by molar-refractivity contribution is -0.116.